The van der Waals surface area contributed by atoms with Crippen molar-refractivity contribution in [2.75, 3.05) is 30.3 Å². The molecule has 3 aromatic rings. The minimum atomic E-state index is -3.72. The number of imide groups is 1. The first-order chi connectivity index (χ1) is 17.8. The van der Waals surface area contributed by atoms with Crippen molar-refractivity contribution in [3.8, 4) is 0 Å². The number of halogens is 1. The zero-order valence-corrected chi connectivity index (χ0v) is 23.0. The molecule has 0 saturated heterocycles. The minimum Gasteiger partial charge on any atom is -0.385 e. The van der Waals surface area contributed by atoms with Gasteiger partial charge in [0.05, 0.1) is 4.90 Å². The van der Waals surface area contributed by atoms with Crippen LogP contribution < -0.4 is 10.0 Å². The molecule has 0 bridgehead atoms. The van der Waals surface area contributed by atoms with Gasteiger partial charge in [-0.2, -0.15) is 0 Å². The molecule has 192 valence electrons. The fourth-order valence-electron chi connectivity index (χ4n) is 3.53. The van der Waals surface area contributed by atoms with Crippen molar-refractivity contribution >= 4 is 60.9 Å². The van der Waals surface area contributed by atoms with E-state index in [2.05, 4.69) is 26.0 Å². The van der Waals surface area contributed by atoms with E-state index in [9.17, 15) is 18.0 Å². The summed E-state index contributed by atoms with van der Waals surface area (Å²) in [6.45, 7) is 0.663. The number of amides is 2. The molecule has 3 aromatic carbocycles. The molecular weight excluding hydrogens is 578 g/mol. The highest BCUT2D eigenvalue weighted by atomic mass is 79.9. The predicted octanol–water partition coefficient (Wildman–Crippen LogP) is 5.07. The van der Waals surface area contributed by atoms with E-state index in [0.717, 1.165) is 16.2 Å². The number of sulfonamides is 1. The van der Waals surface area contributed by atoms with Crippen LogP contribution in [-0.4, -0.2) is 45.4 Å². The Morgan fingerprint density at radius 2 is 1.54 bits per heavy atom. The monoisotopic (exact) mass is 601 g/mol. The predicted molar refractivity (Wildman–Crippen MR) is 148 cm³/mol. The number of nitrogens with zero attached hydrogens (tertiary/aromatic N) is 1. The van der Waals surface area contributed by atoms with Crippen LogP contribution in [0.3, 0.4) is 0 Å². The molecular formula is C26H24BrN3O5S2. The van der Waals surface area contributed by atoms with Crippen LogP contribution in [-0.2, 0) is 24.3 Å². The van der Waals surface area contributed by atoms with Gasteiger partial charge >= 0.3 is 0 Å². The van der Waals surface area contributed by atoms with Crippen LogP contribution in [0.4, 0.5) is 11.4 Å². The third-order valence-electron chi connectivity index (χ3n) is 5.35. The maximum absolute atomic E-state index is 13.2. The molecule has 0 atom stereocenters. The summed E-state index contributed by atoms with van der Waals surface area (Å²) >= 11 is 4.54. The molecule has 1 aliphatic heterocycles. The molecule has 8 nitrogen and oxygen atoms in total. The van der Waals surface area contributed by atoms with Crippen LogP contribution in [0.25, 0.3) is 0 Å². The lowest BCUT2D eigenvalue weighted by Crippen LogP contribution is -2.33. The van der Waals surface area contributed by atoms with Gasteiger partial charge in [0.1, 0.15) is 10.6 Å². The first-order valence-corrected chi connectivity index (χ1v) is 14.4. The standard InChI is InChI=1S/C26H24BrN3O5S2/c1-35-17-5-16-30-25(31)23(28-19-10-8-18(27)9-11-19)24(26(30)32)36-21-14-12-20(13-15-21)29-37(33,34)22-6-3-2-4-7-22/h2-4,6-15,28-29H,5,16-17H2,1H3. The highest BCUT2D eigenvalue weighted by Crippen LogP contribution is 2.36. The van der Waals surface area contributed by atoms with Gasteiger partial charge in [0.2, 0.25) is 0 Å². The van der Waals surface area contributed by atoms with Gasteiger partial charge < -0.3 is 10.1 Å². The first-order valence-electron chi connectivity index (χ1n) is 11.3. The molecule has 0 fully saturated rings. The van der Waals surface area contributed by atoms with Gasteiger partial charge in [-0.3, -0.25) is 19.2 Å². The topological polar surface area (TPSA) is 105 Å². The first kappa shape index (κ1) is 26.9. The van der Waals surface area contributed by atoms with Crippen LogP contribution in [0.2, 0.25) is 0 Å². The largest absolute Gasteiger partial charge is 0.385 e. The number of rotatable bonds is 11. The van der Waals surface area contributed by atoms with Crippen molar-refractivity contribution in [2.24, 2.45) is 0 Å². The highest BCUT2D eigenvalue weighted by molar-refractivity contribution is 9.10. The molecule has 0 radical (unpaired) electrons. The molecule has 0 spiro atoms. The Kier molecular flexibility index (Phi) is 8.70. The number of thioether (sulfide) groups is 1. The number of hydrogen-bond donors (Lipinski definition) is 2. The van der Waals surface area contributed by atoms with E-state index in [1.807, 2.05) is 12.1 Å². The summed E-state index contributed by atoms with van der Waals surface area (Å²) in [5.41, 5.74) is 1.25. The van der Waals surface area contributed by atoms with Crippen LogP contribution in [0.1, 0.15) is 6.42 Å². The van der Waals surface area contributed by atoms with Crippen molar-refractivity contribution in [2.45, 2.75) is 16.2 Å². The van der Waals surface area contributed by atoms with Gasteiger partial charge in [0.25, 0.3) is 21.8 Å². The molecule has 0 aromatic heterocycles. The van der Waals surface area contributed by atoms with Crippen molar-refractivity contribution in [1.82, 2.24) is 4.90 Å². The third-order valence-corrected chi connectivity index (χ3v) is 8.37. The van der Waals surface area contributed by atoms with Crippen molar-refractivity contribution in [3.05, 3.63) is 93.9 Å². The molecule has 0 saturated carbocycles. The number of carbonyl (C=O) groups is 2. The summed E-state index contributed by atoms with van der Waals surface area (Å²) in [6, 6.07) is 22.0. The van der Waals surface area contributed by atoms with Crippen LogP contribution in [0.15, 0.2) is 104 Å². The van der Waals surface area contributed by atoms with E-state index < -0.39 is 15.9 Å². The SMILES string of the molecule is COCCCN1C(=O)C(Nc2ccc(Br)cc2)=C(Sc2ccc(NS(=O)(=O)c3ccccc3)cc2)C1=O. The molecule has 0 unspecified atom stereocenters. The molecule has 1 heterocycles. The lowest BCUT2D eigenvalue weighted by molar-refractivity contribution is -0.137. The summed E-state index contributed by atoms with van der Waals surface area (Å²) in [7, 11) is -2.16. The highest BCUT2D eigenvalue weighted by Gasteiger charge is 2.38. The average Bonchev–Trinajstić information content (AvgIpc) is 3.11. The minimum absolute atomic E-state index is 0.158. The number of nitrogens with one attached hydrogen (secondary N) is 2. The number of benzene rings is 3. The van der Waals surface area contributed by atoms with Gasteiger partial charge in [-0.15, -0.1) is 0 Å². The summed E-state index contributed by atoms with van der Waals surface area (Å²) in [5.74, 6) is -0.793. The quantitative estimate of drug-likeness (QED) is 0.233. The molecule has 37 heavy (non-hydrogen) atoms. The Hall–Kier alpha value is -3.12. The average molecular weight is 603 g/mol. The van der Waals surface area contributed by atoms with E-state index in [4.69, 9.17) is 4.74 Å². The molecule has 2 amide bonds. The lowest BCUT2D eigenvalue weighted by atomic mass is 10.3. The number of anilines is 2. The Balaban J connectivity index is 1.55. The smallest absolute Gasteiger partial charge is 0.278 e. The van der Waals surface area contributed by atoms with Crippen molar-refractivity contribution < 1.29 is 22.7 Å². The van der Waals surface area contributed by atoms with Crippen LogP contribution in [0, 0.1) is 0 Å². The van der Waals surface area contributed by atoms with Gasteiger partial charge in [0.15, 0.2) is 0 Å². The van der Waals surface area contributed by atoms with Gasteiger partial charge in [-0.1, -0.05) is 45.9 Å². The number of methoxy groups -OCH3 is 1. The molecule has 0 aliphatic carbocycles. The van der Waals surface area contributed by atoms with E-state index in [1.54, 1.807) is 61.7 Å². The van der Waals surface area contributed by atoms with E-state index in [-0.39, 0.29) is 27.9 Å². The lowest BCUT2D eigenvalue weighted by Gasteiger charge is -2.14. The zero-order valence-electron chi connectivity index (χ0n) is 19.8. The fourth-order valence-corrected chi connectivity index (χ4v) is 5.82. The Labute approximate surface area is 228 Å². The van der Waals surface area contributed by atoms with Gasteiger partial charge in [-0.05, 0) is 67.1 Å². The number of ether oxygens (including phenoxy) is 1. The van der Waals surface area contributed by atoms with Gasteiger partial charge in [-0.25, -0.2) is 8.42 Å². The molecule has 2 N–H and O–H groups in total. The van der Waals surface area contributed by atoms with Crippen molar-refractivity contribution in [1.29, 1.82) is 0 Å². The van der Waals surface area contributed by atoms with Crippen LogP contribution >= 0.6 is 27.7 Å². The number of hydrogen-bond acceptors (Lipinski definition) is 7. The molecule has 11 heteroatoms. The van der Waals surface area contributed by atoms with E-state index in [0.29, 0.717) is 29.3 Å². The second-order valence-corrected chi connectivity index (χ2v) is 11.7. The third kappa shape index (κ3) is 6.61. The zero-order chi connectivity index (χ0) is 26.4. The Bertz CT molecular complexity index is 1410. The molecule has 1 aliphatic rings. The number of carbonyl (C=O) groups excluding carboxylic acids is 2. The maximum Gasteiger partial charge on any atom is 0.278 e. The Morgan fingerprint density at radius 3 is 2.19 bits per heavy atom. The second-order valence-electron chi connectivity index (χ2n) is 7.99. The summed E-state index contributed by atoms with van der Waals surface area (Å²) in [6.07, 6.45) is 0.522. The van der Waals surface area contributed by atoms with E-state index in [1.165, 1.54) is 17.0 Å². The fraction of sp³-hybridized carbons (Fsp3) is 0.154. The maximum atomic E-state index is 13.2. The Morgan fingerprint density at radius 1 is 0.892 bits per heavy atom. The summed E-state index contributed by atoms with van der Waals surface area (Å²) < 4.78 is 33.7. The summed E-state index contributed by atoms with van der Waals surface area (Å²) in [5, 5.41) is 3.10. The summed E-state index contributed by atoms with van der Waals surface area (Å²) in [4.78, 5) is 28.7. The van der Waals surface area contributed by atoms with Gasteiger partial charge in [0, 0.05) is 41.0 Å². The van der Waals surface area contributed by atoms with E-state index >= 15 is 0 Å². The van der Waals surface area contributed by atoms with Crippen molar-refractivity contribution in [3.63, 3.8) is 0 Å². The normalized spacial score (nSPS) is 13.8. The van der Waals surface area contributed by atoms with Crippen LogP contribution in [0.5, 0.6) is 0 Å². The second kappa shape index (κ2) is 12.0. The molecule has 4 rings (SSSR count).